The van der Waals surface area contributed by atoms with E-state index in [1.165, 1.54) is 17.4 Å². The Kier molecular flexibility index (Phi) is 5.53. The van der Waals surface area contributed by atoms with Crippen molar-refractivity contribution in [1.82, 2.24) is 5.32 Å². The highest BCUT2D eigenvalue weighted by Gasteiger charge is 2.21. The standard InChI is InChI=1S/C11H10ClNO5S/c12-8-3-1-6(19-8)2-4-9(14)13-7(11(17)18)5-10(15)16/h1-4,7H,5H2,(H,13,14)(H,15,16)(H,17,18)/b4-2+. The van der Waals surface area contributed by atoms with Gasteiger partial charge in [-0.3, -0.25) is 9.59 Å². The number of rotatable bonds is 6. The number of hydrogen-bond acceptors (Lipinski definition) is 4. The van der Waals surface area contributed by atoms with E-state index in [-0.39, 0.29) is 0 Å². The summed E-state index contributed by atoms with van der Waals surface area (Å²) >= 11 is 6.95. The molecule has 1 heterocycles. The number of carboxylic acid groups (broad SMARTS) is 2. The van der Waals surface area contributed by atoms with Gasteiger partial charge in [-0.15, -0.1) is 11.3 Å². The molecular formula is C11H10ClNO5S. The lowest BCUT2D eigenvalue weighted by atomic mass is 10.2. The topological polar surface area (TPSA) is 104 Å². The zero-order chi connectivity index (χ0) is 14.4. The van der Waals surface area contributed by atoms with Crippen LogP contribution in [0, 0.1) is 0 Å². The molecule has 0 spiro atoms. The van der Waals surface area contributed by atoms with E-state index in [2.05, 4.69) is 5.32 Å². The zero-order valence-corrected chi connectivity index (χ0v) is 11.1. The van der Waals surface area contributed by atoms with Crippen molar-refractivity contribution in [1.29, 1.82) is 0 Å². The van der Waals surface area contributed by atoms with Gasteiger partial charge in [-0.1, -0.05) is 11.6 Å². The van der Waals surface area contributed by atoms with Crippen molar-refractivity contribution in [3.8, 4) is 0 Å². The van der Waals surface area contributed by atoms with Crippen LogP contribution in [0.4, 0.5) is 0 Å². The van der Waals surface area contributed by atoms with Crippen LogP contribution in [0.2, 0.25) is 4.34 Å². The van der Waals surface area contributed by atoms with Crippen LogP contribution in [0.3, 0.4) is 0 Å². The second-order valence-corrected chi connectivity index (χ2v) is 5.22. The fraction of sp³-hybridized carbons (Fsp3) is 0.182. The summed E-state index contributed by atoms with van der Waals surface area (Å²) in [7, 11) is 0. The minimum absolute atomic E-state index is 0.564. The number of amides is 1. The van der Waals surface area contributed by atoms with Crippen LogP contribution in [0.25, 0.3) is 6.08 Å². The summed E-state index contributed by atoms with van der Waals surface area (Å²) < 4.78 is 0.564. The summed E-state index contributed by atoms with van der Waals surface area (Å²) in [6, 6.07) is 1.90. The average molecular weight is 304 g/mol. The molecule has 0 saturated carbocycles. The number of hydrogen-bond donors (Lipinski definition) is 3. The molecule has 0 fully saturated rings. The van der Waals surface area contributed by atoms with Crippen molar-refractivity contribution in [3.05, 3.63) is 27.4 Å². The van der Waals surface area contributed by atoms with Crippen molar-refractivity contribution >= 4 is 46.9 Å². The molecule has 102 valence electrons. The molecule has 0 aliphatic carbocycles. The molecular weight excluding hydrogens is 294 g/mol. The van der Waals surface area contributed by atoms with Gasteiger partial charge in [0.2, 0.25) is 5.91 Å². The Labute approximate surface area is 117 Å². The Morgan fingerprint density at radius 1 is 1.37 bits per heavy atom. The third-order valence-corrected chi connectivity index (χ3v) is 3.18. The van der Waals surface area contributed by atoms with Gasteiger partial charge in [-0.25, -0.2) is 4.79 Å². The average Bonchev–Trinajstić information content (AvgIpc) is 2.71. The third-order valence-electron chi connectivity index (χ3n) is 1.99. The number of halogens is 1. The number of aliphatic carboxylic acids is 2. The van der Waals surface area contributed by atoms with Crippen molar-refractivity contribution in [2.75, 3.05) is 0 Å². The normalized spacial score (nSPS) is 12.3. The van der Waals surface area contributed by atoms with Crippen LogP contribution in [0.5, 0.6) is 0 Å². The molecule has 3 N–H and O–H groups in total. The Hall–Kier alpha value is -1.86. The predicted molar refractivity (Wildman–Crippen MR) is 70.2 cm³/mol. The van der Waals surface area contributed by atoms with Gasteiger partial charge >= 0.3 is 11.9 Å². The summed E-state index contributed by atoms with van der Waals surface area (Å²) in [5, 5.41) is 19.3. The Morgan fingerprint density at radius 3 is 2.53 bits per heavy atom. The van der Waals surface area contributed by atoms with Crippen LogP contribution < -0.4 is 5.32 Å². The maximum atomic E-state index is 11.4. The molecule has 0 bridgehead atoms. The van der Waals surface area contributed by atoms with E-state index in [4.69, 9.17) is 21.8 Å². The van der Waals surface area contributed by atoms with Gasteiger partial charge in [0.05, 0.1) is 10.8 Å². The van der Waals surface area contributed by atoms with Gasteiger partial charge in [0.15, 0.2) is 0 Å². The van der Waals surface area contributed by atoms with Crippen LogP contribution in [-0.4, -0.2) is 34.1 Å². The van der Waals surface area contributed by atoms with Gasteiger partial charge < -0.3 is 15.5 Å². The van der Waals surface area contributed by atoms with Crippen LogP contribution in [0.1, 0.15) is 11.3 Å². The number of nitrogens with one attached hydrogen (secondary N) is 1. The van der Waals surface area contributed by atoms with Gasteiger partial charge in [-0.05, 0) is 18.2 Å². The van der Waals surface area contributed by atoms with Crippen molar-refractivity contribution in [2.24, 2.45) is 0 Å². The van der Waals surface area contributed by atoms with Crippen LogP contribution >= 0.6 is 22.9 Å². The molecule has 0 aromatic carbocycles. The van der Waals surface area contributed by atoms with E-state index < -0.39 is 30.3 Å². The molecule has 6 nitrogen and oxygen atoms in total. The fourth-order valence-corrected chi connectivity index (χ4v) is 2.13. The lowest BCUT2D eigenvalue weighted by molar-refractivity contribution is -0.146. The molecule has 19 heavy (non-hydrogen) atoms. The predicted octanol–water partition coefficient (Wildman–Crippen LogP) is 1.46. The smallest absolute Gasteiger partial charge is 0.326 e. The minimum Gasteiger partial charge on any atom is -0.481 e. The SMILES string of the molecule is O=C(O)CC(NC(=O)/C=C/c1ccc(Cl)s1)C(=O)O. The fourth-order valence-electron chi connectivity index (χ4n) is 1.17. The van der Waals surface area contributed by atoms with Crippen molar-refractivity contribution < 1.29 is 24.6 Å². The molecule has 0 radical (unpaired) electrons. The molecule has 0 aliphatic heterocycles. The summed E-state index contributed by atoms with van der Waals surface area (Å²) in [6.45, 7) is 0. The van der Waals surface area contributed by atoms with E-state index in [9.17, 15) is 14.4 Å². The molecule has 1 atom stereocenters. The minimum atomic E-state index is -1.46. The van der Waals surface area contributed by atoms with Gasteiger partial charge in [0.1, 0.15) is 6.04 Å². The van der Waals surface area contributed by atoms with E-state index in [1.807, 2.05) is 0 Å². The summed E-state index contributed by atoms with van der Waals surface area (Å²) in [6.07, 6.45) is 1.91. The monoisotopic (exact) mass is 303 g/mol. The lowest BCUT2D eigenvalue weighted by Gasteiger charge is -2.10. The summed E-state index contributed by atoms with van der Waals surface area (Å²) in [5.41, 5.74) is 0. The molecule has 1 aromatic heterocycles. The quantitative estimate of drug-likeness (QED) is 0.690. The van der Waals surface area contributed by atoms with Crippen LogP contribution in [-0.2, 0) is 14.4 Å². The molecule has 1 amide bonds. The summed E-state index contributed by atoms with van der Waals surface area (Å²) in [5.74, 6) is -3.39. The molecule has 1 aromatic rings. The Balaban J connectivity index is 2.60. The van der Waals surface area contributed by atoms with Crippen molar-refractivity contribution in [3.63, 3.8) is 0 Å². The number of carbonyl (C=O) groups is 3. The zero-order valence-electron chi connectivity index (χ0n) is 9.50. The first kappa shape index (κ1) is 15.2. The second kappa shape index (κ2) is 6.91. The lowest BCUT2D eigenvalue weighted by Crippen LogP contribution is -2.41. The van der Waals surface area contributed by atoms with Gasteiger partial charge in [0.25, 0.3) is 0 Å². The van der Waals surface area contributed by atoms with E-state index in [1.54, 1.807) is 12.1 Å². The molecule has 8 heteroatoms. The Morgan fingerprint density at radius 2 is 2.05 bits per heavy atom. The number of carbonyl (C=O) groups excluding carboxylic acids is 1. The molecule has 0 saturated heterocycles. The van der Waals surface area contributed by atoms with Gasteiger partial charge in [0, 0.05) is 11.0 Å². The number of thiophene rings is 1. The van der Waals surface area contributed by atoms with E-state index >= 15 is 0 Å². The molecule has 1 unspecified atom stereocenters. The maximum absolute atomic E-state index is 11.4. The highest BCUT2D eigenvalue weighted by atomic mass is 35.5. The third kappa shape index (κ3) is 5.54. The maximum Gasteiger partial charge on any atom is 0.326 e. The second-order valence-electron chi connectivity index (χ2n) is 3.47. The summed E-state index contributed by atoms with van der Waals surface area (Å²) in [4.78, 5) is 33.3. The highest BCUT2D eigenvalue weighted by molar-refractivity contribution is 7.17. The first-order valence-corrected chi connectivity index (χ1v) is 6.26. The van der Waals surface area contributed by atoms with E-state index in [0.29, 0.717) is 4.34 Å². The Bertz CT molecular complexity index is 525. The molecule has 1 rings (SSSR count). The van der Waals surface area contributed by atoms with Gasteiger partial charge in [-0.2, -0.15) is 0 Å². The van der Waals surface area contributed by atoms with Crippen LogP contribution in [0.15, 0.2) is 18.2 Å². The number of carboxylic acids is 2. The highest BCUT2D eigenvalue weighted by Crippen LogP contribution is 2.22. The molecule has 0 aliphatic rings. The first-order chi connectivity index (χ1) is 8.88. The largest absolute Gasteiger partial charge is 0.481 e. The first-order valence-electron chi connectivity index (χ1n) is 5.07. The van der Waals surface area contributed by atoms with Crippen molar-refractivity contribution in [2.45, 2.75) is 12.5 Å². The van der Waals surface area contributed by atoms with E-state index in [0.717, 1.165) is 11.0 Å².